The fourth-order valence-electron chi connectivity index (χ4n) is 3.45. The van der Waals surface area contributed by atoms with Crippen LogP contribution in [0.25, 0.3) is 0 Å². The summed E-state index contributed by atoms with van der Waals surface area (Å²) in [5.74, 6) is -1.95. The van der Waals surface area contributed by atoms with E-state index in [1.807, 2.05) is 0 Å². The van der Waals surface area contributed by atoms with Gasteiger partial charge in [-0.3, -0.25) is 9.59 Å². The van der Waals surface area contributed by atoms with Gasteiger partial charge >= 0.3 is 0 Å². The molecule has 1 amide bonds. The lowest BCUT2D eigenvalue weighted by molar-refractivity contribution is 0.0663. The standard InChI is InChI=1S/C21H19F2N3O5S/c22-15-4-7-19(17(23)13-15)32(29,30)26-11-9-24(10-12-26)21(28)18-6-5-16(31-18)14-25-8-2-1-3-20(25)27/h1-8,13H,9-12,14H2. The fourth-order valence-corrected chi connectivity index (χ4v) is 4.92. The predicted molar refractivity (Wildman–Crippen MR) is 110 cm³/mol. The molecule has 0 saturated carbocycles. The summed E-state index contributed by atoms with van der Waals surface area (Å²) in [7, 11) is -4.16. The predicted octanol–water partition coefficient (Wildman–Crippen LogP) is 1.91. The number of piperazine rings is 1. The highest BCUT2D eigenvalue weighted by Crippen LogP contribution is 2.22. The molecule has 11 heteroatoms. The average Bonchev–Trinajstić information content (AvgIpc) is 3.23. The van der Waals surface area contributed by atoms with Gasteiger partial charge in [-0.05, 0) is 30.3 Å². The van der Waals surface area contributed by atoms with E-state index < -0.39 is 32.5 Å². The third-order valence-corrected chi connectivity index (χ3v) is 7.07. The number of hydrogen-bond donors (Lipinski definition) is 0. The summed E-state index contributed by atoms with van der Waals surface area (Å²) in [6.07, 6.45) is 1.61. The first-order valence-corrected chi connectivity index (χ1v) is 11.2. The molecule has 1 saturated heterocycles. The number of amides is 1. The summed E-state index contributed by atoms with van der Waals surface area (Å²) in [4.78, 5) is 25.4. The van der Waals surface area contributed by atoms with Crippen LogP contribution in [0.4, 0.5) is 8.78 Å². The molecule has 1 aliphatic heterocycles. The summed E-state index contributed by atoms with van der Waals surface area (Å²) >= 11 is 0. The van der Waals surface area contributed by atoms with Gasteiger partial charge in [-0.1, -0.05) is 6.07 Å². The molecule has 0 atom stereocenters. The van der Waals surface area contributed by atoms with Crippen LogP contribution in [0.1, 0.15) is 16.3 Å². The van der Waals surface area contributed by atoms with Crippen molar-refractivity contribution in [1.29, 1.82) is 0 Å². The van der Waals surface area contributed by atoms with E-state index >= 15 is 0 Å². The number of pyridine rings is 1. The first-order chi connectivity index (χ1) is 15.3. The lowest BCUT2D eigenvalue weighted by atomic mass is 10.3. The number of nitrogens with zero attached hydrogens (tertiary/aromatic N) is 3. The third kappa shape index (κ3) is 4.34. The minimum Gasteiger partial charge on any atom is -0.454 e. The number of carbonyl (C=O) groups is 1. The number of furan rings is 1. The maximum absolute atomic E-state index is 14.0. The van der Waals surface area contributed by atoms with E-state index in [4.69, 9.17) is 4.42 Å². The molecule has 0 spiro atoms. The Bertz CT molecular complexity index is 1310. The Morgan fingerprint density at radius 1 is 1.00 bits per heavy atom. The largest absolute Gasteiger partial charge is 0.454 e. The number of hydrogen-bond acceptors (Lipinski definition) is 5. The second-order valence-corrected chi connectivity index (χ2v) is 9.11. The smallest absolute Gasteiger partial charge is 0.289 e. The maximum Gasteiger partial charge on any atom is 0.289 e. The molecule has 0 aliphatic carbocycles. The summed E-state index contributed by atoms with van der Waals surface area (Å²) in [5, 5.41) is 0. The zero-order valence-corrected chi connectivity index (χ0v) is 17.6. The number of aromatic nitrogens is 1. The molecule has 0 bridgehead atoms. The number of carbonyl (C=O) groups excluding carboxylic acids is 1. The van der Waals surface area contributed by atoms with E-state index in [9.17, 15) is 26.8 Å². The van der Waals surface area contributed by atoms with Crippen LogP contribution in [0.3, 0.4) is 0 Å². The Morgan fingerprint density at radius 3 is 2.44 bits per heavy atom. The molecule has 4 rings (SSSR count). The van der Waals surface area contributed by atoms with Gasteiger partial charge in [-0.15, -0.1) is 0 Å². The van der Waals surface area contributed by atoms with Crippen LogP contribution >= 0.6 is 0 Å². The molecular formula is C21H19F2N3O5S. The molecule has 0 N–H and O–H groups in total. The van der Waals surface area contributed by atoms with E-state index in [0.29, 0.717) is 11.8 Å². The van der Waals surface area contributed by atoms with Crippen LogP contribution in [0.15, 0.2) is 68.8 Å². The van der Waals surface area contributed by atoms with Crippen molar-refractivity contribution < 1.29 is 26.4 Å². The Morgan fingerprint density at radius 2 is 1.75 bits per heavy atom. The van der Waals surface area contributed by atoms with E-state index in [2.05, 4.69) is 0 Å². The van der Waals surface area contributed by atoms with Crippen LogP contribution in [-0.2, 0) is 16.6 Å². The zero-order chi connectivity index (χ0) is 22.9. The van der Waals surface area contributed by atoms with Gasteiger partial charge in [0.2, 0.25) is 10.0 Å². The zero-order valence-electron chi connectivity index (χ0n) is 16.8. The average molecular weight is 463 g/mol. The number of rotatable bonds is 5. The van der Waals surface area contributed by atoms with E-state index in [-0.39, 0.29) is 44.0 Å². The van der Waals surface area contributed by atoms with Crippen molar-refractivity contribution in [2.75, 3.05) is 26.2 Å². The van der Waals surface area contributed by atoms with Crippen molar-refractivity contribution in [3.8, 4) is 0 Å². The normalized spacial score (nSPS) is 15.1. The number of halogens is 2. The van der Waals surface area contributed by atoms with Gasteiger partial charge < -0.3 is 13.9 Å². The molecule has 168 valence electrons. The number of benzene rings is 1. The van der Waals surface area contributed by atoms with Gasteiger partial charge in [-0.25, -0.2) is 17.2 Å². The Kier molecular flexibility index (Phi) is 5.94. The van der Waals surface area contributed by atoms with Crippen molar-refractivity contribution in [3.63, 3.8) is 0 Å². The minimum absolute atomic E-state index is 0.0438. The fraction of sp³-hybridized carbons (Fsp3) is 0.238. The summed E-state index contributed by atoms with van der Waals surface area (Å²) in [6.45, 7) is 0.238. The Hall–Kier alpha value is -3.31. The molecular weight excluding hydrogens is 444 g/mol. The second kappa shape index (κ2) is 8.67. The molecule has 1 fully saturated rings. The maximum atomic E-state index is 14.0. The van der Waals surface area contributed by atoms with Crippen molar-refractivity contribution in [2.24, 2.45) is 0 Å². The highest BCUT2D eigenvalue weighted by molar-refractivity contribution is 7.89. The SMILES string of the molecule is O=C(c1ccc(Cn2ccccc2=O)o1)N1CCN(S(=O)(=O)c2ccc(F)cc2F)CC1. The topological polar surface area (TPSA) is 92.8 Å². The van der Waals surface area contributed by atoms with Gasteiger partial charge in [0.1, 0.15) is 22.3 Å². The molecule has 2 aromatic heterocycles. The first kappa shape index (κ1) is 21.9. The van der Waals surface area contributed by atoms with Gasteiger partial charge in [0.15, 0.2) is 5.76 Å². The minimum atomic E-state index is -4.16. The van der Waals surface area contributed by atoms with E-state index in [1.54, 1.807) is 24.4 Å². The molecule has 0 radical (unpaired) electrons. The van der Waals surface area contributed by atoms with Crippen LogP contribution in [0, 0.1) is 11.6 Å². The van der Waals surface area contributed by atoms with Crippen LogP contribution < -0.4 is 5.56 Å². The van der Waals surface area contributed by atoms with Crippen LogP contribution in [0.5, 0.6) is 0 Å². The van der Waals surface area contributed by atoms with E-state index in [1.165, 1.54) is 21.6 Å². The van der Waals surface area contributed by atoms with Gasteiger partial charge in [-0.2, -0.15) is 4.31 Å². The lowest BCUT2D eigenvalue weighted by Crippen LogP contribution is -2.50. The summed E-state index contributed by atoms with van der Waals surface area (Å²) in [6, 6.07) is 10.1. The van der Waals surface area contributed by atoms with Gasteiger partial charge in [0.05, 0.1) is 6.54 Å². The lowest BCUT2D eigenvalue weighted by Gasteiger charge is -2.33. The molecule has 0 unspecified atom stereocenters. The first-order valence-electron chi connectivity index (χ1n) is 9.74. The van der Waals surface area contributed by atoms with Crippen molar-refractivity contribution >= 4 is 15.9 Å². The third-order valence-electron chi connectivity index (χ3n) is 5.14. The Balaban J connectivity index is 1.41. The van der Waals surface area contributed by atoms with Gasteiger partial charge in [0, 0.05) is 44.5 Å². The highest BCUT2D eigenvalue weighted by atomic mass is 32.2. The van der Waals surface area contributed by atoms with Crippen molar-refractivity contribution in [2.45, 2.75) is 11.4 Å². The Labute approximate surface area is 182 Å². The van der Waals surface area contributed by atoms with Gasteiger partial charge in [0.25, 0.3) is 11.5 Å². The van der Waals surface area contributed by atoms with Crippen molar-refractivity contribution in [3.05, 3.63) is 88.2 Å². The van der Waals surface area contributed by atoms with Crippen molar-refractivity contribution in [1.82, 2.24) is 13.8 Å². The van der Waals surface area contributed by atoms with Crippen LogP contribution in [-0.4, -0.2) is 54.3 Å². The van der Waals surface area contributed by atoms with Crippen LogP contribution in [0.2, 0.25) is 0 Å². The quantitative estimate of drug-likeness (QED) is 0.577. The molecule has 3 aromatic rings. The summed E-state index contributed by atoms with van der Waals surface area (Å²) < 4.78 is 60.5. The number of sulfonamides is 1. The summed E-state index contributed by atoms with van der Waals surface area (Å²) in [5.41, 5.74) is -0.202. The molecule has 1 aromatic carbocycles. The molecule has 3 heterocycles. The monoisotopic (exact) mass is 463 g/mol. The highest BCUT2D eigenvalue weighted by Gasteiger charge is 2.33. The molecule has 32 heavy (non-hydrogen) atoms. The second-order valence-electron chi connectivity index (χ2n) is 7.20. The molecule has 1 aliphatic rings. The van der Waals surface area contributed by atoms with E-state index in [0.717, 1.165) is 16.4 Å². The molecule has 8 nitrogen and oxygen atoms in total.